The van der Waals surface area contributed by atoms with Crippen molar-refractivity contribution in [2.45, 2.75) is 25.0 Å². The molecular formula is C16H24N2O2S. The summed E-state index contributed by atoms with van der Waals surface area (Å²) in [6.07, 6.45) is 3.58. The molecule has 1 heterocycles. The zero-order chi connectivity index (χ0) is 15.1. The molecule has 0 unspecified atom stereocenters. The van der Waals surface area contributed by atoms with Crippen LogP contribution in [-0.4, -0.2) is 59.7 Å². The molecule has 2 atom stereocenters. The summed E-state index contributed by atoms with van der Waals surface area (Å²) < 4.78 is 0. The highest BCUT2D eigenvalue weighted by Crippen LogP contribution is 2.13. The summed E-state index contributed by atoms with van der Waals surface area (Å²) in [7, 11) is 0. The Labute approximate surface area is 130 Å². The predicted molar refractivity (Wildman–Crippen MR) is 87.8 cm³/mol. The topological polar surface area (TPSA) is 52.6 Å². The third kappa shape index (κ3) is 5.02. The van der Waals surface area contributed by atoms with Gasteiger partial charge in [0.2, 0.25) is 0 Å². The molecule has 1 aromatic rings. The molecule has 1 aliphatic heterocycles. The summed E-state index contributed by atoms with van der Waals surface area (Å²) in [6.45, 7) is 2.61. The quantitative estimate of drug-likeness (QED) is 0.784. The van der Waals surface area contributed by atoms with E-state index in [2.05, 4.69) is 16.5 Å². The van der Waals surface area contributed by atoms with Gasteiger partial charge in [-0.15, -0.1) is 0 Å². The number of carbonyl (C=O) groups excluding carboxylic acids is 1. The fourth-order valence-electron chi connectivity index (χ4n) is 2.64. The van der Waals surface area contributed by atoms with Crippen molar-refractivity contribution in [1.29, 1.82) is 0 Å². The fourth-order valence-corrected chi connectivity index (χ4v) is 3.06. The van der Waals surface area contributed by atoms with Crippen molar-refractivity contribution in [3.63, 3.8) is 0 Å². The summed E-state index contributed by atoms with van der Waals surface area (Å²) in [6, 6.07) is 9.02. The summed E-state index contributed by atoms with van der Waals surface area (Å²) in [4.78, 5) is 14.4. The Morgan fingerprint density at radius 1 is 1.43 bits per heavy atom. The minimum Gasteiger partial charge on any atom is -0.390 e. The predicted octanol–water partition coefficient (Wildman–Crippen LogP) is 1.60. The number of thioether (sulfide) groups is 1. The molecule has 0 spiro atoms. The van der Waals surface area contributed by atoms with Crippen LogP contribution in [0.15, 0.2) is 30.3 Å². The van der Waals surface area contributed by atoms with Crippen molar-refractivity contribution >= 4 is 17.7 Å². The average Bonchev–Trinajstić information content (AvgIpc) is 2.51. The molecule has 0 bridgehead atoms. The summed E-state index contributed by atoms with van der Waals surface area (Å²) in [5.41, 5.74) is 0.645. The highest BCUT2D eigenvalue weighted by atomic mass is 32.2. The molecule has 2 N–H and O–H groups in total. The number of carbonyl (C=O) groups is 1. The lowest BCUT2D eigenvalue weighted by atomic mass is 10.0. The number of aliphatic hydroxyl groups is 1. The van der Waals surface area contributed by atoms with Gasteiger partial charge in [-0.05, 0) is 43.5 Å². The lowest BCUT2D eigenvalue weighted by Crippen LogP contribution is -2.54. The monoisotopic (exact) mass is 308 g/mol. The molecule has 0 aromatic heterocycles. The van der Waals surface area contributed by atoms with Crippen molar-refractivity contribution in [3.05, 3.63) is 35.9 Å². The average molecular weight is 308 g/mol. The maximum absolute atomic E-state index is 12.1. The molecular weight excluding hydrogens is 284 g/mol. The van der Waals surface area contributed by atoms with E-state index < -0.39 is 6.10 Å². The van der Waals surface area contributed by atoms with Gasteiger partial charge in [0.15, 0.2) is 0 Å². The van der Waals surface area contributed by atoms with Gasteiger partial charge in [-0.25, -0.2) is 0 Å². The molecule has 1 saturated heterocycles. The second kappa shape index (κ2) is 8.41. The van der Waals surface area contributed by atoms with E-state index in [-0.39, 0.29) is 11.9 Å². The van der Waals surface area contributed by atoms with E-state index in [4.69, 9.17) is 0 Å². The Hall–Kier alpha value is -1.04. The number of amides is 1. The second-order valence-corrected chi connectivity index (χ2v) is 6.43. The molecule has 0 radical (unpaired) electrons. The number of aliphatic hydroxyl groups excluding tert-OH is 1. The largest absolute Gasteiger partial charge is 0.390 e. The molecule has 1 aliphatic rings. The van der Waals surface area contributed by atoms with Crippen molar-refractivity contribution in [2.24, 2.45) is 0 Å². The number of nitrogens with zero attached hydrogens (tertiary/aromatic N) is 1. The van der Waals surface area contributed by atoms with Crippen LogP contribution >= 0.6 is 11.8 Å². The number of hydrogen-bond acceptors (Lipinski definition) is 4. The van der Waals surface area contributed by atoms with E-state index in [1.807, 2.05) is 30.0 Å². The van der Waals surface area contributed by atoms with Crippen molar-refractivity contribution in [1.82, 2.24) is 10.2 Å². The minimum atomic E-state index is -0.485. The van der Waals surface area contributed by atoms with Crippen LogP contribution in [0.5, 0.6) is 0 Å². The van der Waals surface area contributed by atoms with Gasteiger partial charge in [0.05, 0.1) is 12.1 Å². The van der Waals surface area contributed by atoms with Gasteiger partial charge >= 0.3 is 0 Å². The van der Waals surface area contributed by atoms with Gasteiger partial charge < -0.3 is 15.3 Å². The first-order valence-electron chi connectivity index (χ1n) is 7.46. The van der Waals surface area contributed by atoms with Crippen LogP contribution in [0.3, 0.4) is 0 Å². The van der Waals surface area contributed by atoms with Gasteiger partial charge in [0.1, 0.15) is 0 Å². The molecule has 21 heavy (non-hydrogen) atoms. The number of piperidine rings is 1. The van der Waals surface area contributed by atoms with E-state index in [0.717, 1.165) is 31.7 Å². The van der Waals surface area contributed by atoms with Gasteiger partial charge in [0.25, 0.3) is 5.91 Å². The fraction of sp³-hybridized carbons (Fsp3) is 0.562. The number of nitrogens with one attached hydrogen (secondary N) is 1. The first-order chi connectivity index (χ1) is 10.2. The van der Waals surface area contributed by atoms with E-state index >= 15 is 0 Å². The number of likely N-dealkylation sites (tertiary alicyclic amines) is 1. The molecule has 4 nitrogen and oxygen atoms in total. The Morgan fingerprint density at radius 2 is 2.19 bits per heavy atom. The number of β-amino-alcohol motifs (C(OH)–C–C–N with tert-alkyl or cyclic N) is 1. The van der Waals surface area contributed by atoms with E-state index in [0.29, 0.717) is 12.1 Å². The van der Waals surface area contributed by atoms with Crippen LogP contribution in [-0.2, 0) is 0 Å². The molecule has 1 aromatic carbocycles. The Morgan fingerprint density at radius 3 is 2.86 bits per heavy atom. The van der Waals surface area contributed by atoms with Gasteiger partial charge in [-0.3, -0.25) is 4.79 Å². The first kappa shape index (κ1) is 16.3. The van der Waals surface area contributed by atoms with Gasteiger partial charge in [0, 0.05) is 18.7 Å². The third-order valence-electron chi connectivity index (χ3n) is 3.84. The molecule has 116 valence electrons. The molecule has 2 rings (SSSR count). The summed E-state index contributed by atoms with van der Waals surface area (Å²) >= 11 is 1.85. The molecule has 0 saturated carbocycles. The highest BCUT2D eigenvalue weighted by molar-refractivity contribution is 7.98. The SMILES string of the molecule is CSCCCN1CC[C@@H](NC(=O)c2ccccc2)[C@H](O)C1. The van der Waals surface area contributed by atoms with Crippen LogP contribution in [0.4, 0.5) is 0 Å². The van der Waals surface area contributed by atoms with Crippen molar-refractivity contribution in [2.75, 3.05) is 31.6 Å². The van der Waals surface area contributed by atoms with Crippen LogP contribution in [0.25, 0.3) is 0 Å². The zero-order valence-corrected chi connectivity index (χ0v) is 13.3. The van der Waals surface area contributed by atoms with Crippen LogP contribution in [0.1, 0.15) is 23.2 Å². The Balaban J connectivity index is 1.79. The van der Waals surface area contributed by atoms with Crippen molar-refractivity contribution in [3.8, 4) is 0 Å². The summed E-state index contributed by atoms with van der Waals surface area (Å²) in [5, 5.41) is 13.2. The Kier molecular flexibility index (Phi) is 6.54. The lowest BCUT2D eigenvalue weighted by molar-refractivity contribution is 0.0381. The first-order valence-corrected chi connectivity index (χ1v) is 8.85. The van der Waals surface area contributed by atoms with Gasteiger partial charge in [-0.1, -0.05) is 18.2 Å². The zero-order valence-electron chi connectivity index (χ0n) is 12.5. The van der Waals surface area contributed by atoms with E-state index in [9.17, 15) is 9.90 Å². The number of rotatable bonds is 6. The van der Waals surface area contributed by atoms with Gasteiger partial charge in [-0.2, -0.15) is 11.8 Å². The lowest BCUT2D eigenvalue weighted by Gasteiger charge is -2.36. The highest BCUT2D eigenvalue weighted by Gasteiger charge is 2.28. The normalized spacial score (nSPS) is 23.0. The smallest absolute Gasteiger partial charge is 0.251 e. The van der Waals surface area contributed by atoms with Crippen LogP contribution in [0.2, 0.25) is 0 Å². The van der Waals surface area contributed by atoms with Crippen LogP contribution < -0.4 is 5.32 Å². The minimum absolute atomic E-state index is 0.101. The maximum Gasteiger partial charge on any atom is 0.251 e. The number of benzene rings is 1. The van der Waals surface area contributed by atoms with E-state index in [1.165, 1.54) is 0 Å². The second-order valence-electron chi connectivity index (χ2n) is 5.45. The summed E-state index contributed by atoms with van der Waals surface area (Å²) in [5.74, 6) is 1.05. The molecule has 1 amide bonds. The van der Waals surface area contributed by atoms with Crippen LogP contribution in [0, 0.1) is 0 Å². The molecule has 5 heteroatoms. The third-order valence-corrected chi connectivity index (χ3v) is 4.54. The maximum atomic E-state index is 12.1. The standard InChI is InChI=1S/C16H24N2O2S/c1-21-11-5-9-18-10-8-14(15(19)12-18)17-16(20)13-6-3-2-4-7-13/h2-4,6-7,14-15,19H,5,8-12H2,1H3,(H,17,20)/t14-,15-/m1/s1. The molecule has 1 fully saturated rings. The van der Waals surface area contributed by atoms with E-state index in [1.54, 1.807) is 12.1 Å². The van der Waals surface area contributed by atoms with Crippen molar-refractivity contribution < 1.29 is 9.90 Å². The Bertz CT molecular complexity index is 441. The number of hydrogen-bond donors (Lipinski definition) is 2. The molecule has 0 aliphatic carbocycles.